The number of benzene rings is 2. The van der Waals surface area contributed by atoms with Crippen LogP contribution in [0.15, 0.2) is 71.8 Å². The van der Waals surface area contributed by atoms with Gasteiger partial charge in [-0.15, -0.1) is 0 Å². The molecule has 2 aliphatic rings. The number of nitrogens with zero attached hydrogens (tertiary/aromatic N) is 2. The Morgan fingerprint density at radius 3 is 2.39 bits per heavy atom. The van der Waals surface area contributed by atoms with Gasteiger partial charge in [0.2, 0.25) is 10.0 Å². The first-order valence-corrected chi connectivity index (χ1v) is 12.5. The van der Waals surface area contributed by atoms with Crippen LogP contribution in [-0.2, 0) is 10.0 Å². The number of piperidine rings is 1. The number of fused-ring (bicyclic) bond motifs is 3. The molecule has 0 spiro atoms. The molecule has 2 bridgehead atoms. The molecule has 1 saturated heterocycles. The van der Waals surface area contributed by atoms with Crippen LogP contribution in [0.3, 0.4) is 0 Å². The molecule has 2 unspecified atom stereocenters. The maximum absolute atomic E-state index is 13.2. The third kappa shape index (κ3) is 4.17. The molecule has 2 heterocycles. The summed E-state index contributed by atoms with van der Waals surface area (Å²) in [5.74, 6) is 1.35. The number of sulfonamides is 1. The van der Waals surface area contributed by atoms with Gasteiger partial charge in [-0.1, -0.05) is 48.0 Å². The molecule has 3 aromatic rings. The molecule has 0 amide bonds. The molecule has 31 heavy (non-hydrogen) atoms. The van der Waals surface area contributed by atoms with Crippen molar-refractivity contribution in [3.05, 3.63) is 78.0 Å². The summed E-state index contributed by atoms with van der Waals surface area (Å²) in [5, 5.41) is 1.17. The molecular weight excluding hydrogens is 404 g/mol. The number of pyridine rings is 1. The highest BCUT2D eigenvalue weighted by molar-refractivity contribution is 7.89. The van der Waals surface area contributed by atoms with E-state index in [9.17, 15) is 8.42 Å². The first kappa shape index (κ1) is 20.4. The van der Waals surface area contributed by atoms with Gasteiger partial charge in [0.1, 0.15) is 0 Å². The van der Waals surface area contributed by atoms with Crippen LogP contribution in [0.4, 0.5) is 0 Å². The standard InChI is InChI=1S/C26H28N2O2S/c1-19-6-10-24(11-7-19)31(29,30)28-17-21-14-20(15-22(16-21)18-28)8-9-23-12-13-27-26-5-3-2-4-25(23)26/h2-13,20-22H,14-18H2,1H3. The van der Waals surface area contributed by atoms with Crippen LogP contribution in [0, 0.1) is 24.7 Å². The van der Waals surface area contributed by atoms with E-state index < -0.39 is 10.0 Å². The molecular formula is C26H28N2O2S. The lowest BCUT2D eigenvalue weighted by Gasteiger charge is -2.43. The number of aryl methyl sites for hydroxylation is 1. The van der Waals surface area contributed by atoms with Gasteiger partial charge in [0.05, 0.1) is 10.4 Å². The van der Waals surface area contributed by atoms with Gasteiger partial charge in [-0.05, 0) is 73.8 Å². The molecule has 5 heteroatoms. The van der Waals surface area contributed by atoms with E-state index in [0.717, 1.165) is 30.3 Å². The summed E-state index contributed by atoms with van der Waals surface area (Å²) < 4.78 is 28.0. The number of allylic oxidation sites excluding steroid dienone is 1. The van der Waals surface area contributed by atoms with E-state index >= 15 is 0 Å². The van der Waals surface area contributed by atoms with Gasteiger partial charge >= 0.3 is 0 Å². The second kappa shape index (κ2) is 8.21. The molecule has 5 rings (SSSR count). The van der Waals surface area contributed by atoms with Gasteiger partial charge in [-0.25, -0.2) is 8.42 Å². The number of rotatable bonds is 4. The molecule has 2 fully saturated rings. The van der Waals surface area contributed by atoms with Crippen LogP contribution in [0.5, 0.6) is 0 Å². The second-order valence-corrected chi connectivity index (χ2v) is 11.0. The van der Waals surface area contributed by atoms with Gasteiger partial charge in [-0.2, -0.15) is 4.31 Å². The van der Waals surface area contributed by atoms with E-state index in [0.29, 0.717) is 35.7 Å². The highest BCUT2D eigenvalue weighted by Gasteiger charge is 2.39. The Hall–Kier alpha value is -2.50. The third-order valence-electron chi connectivity index (χ3n) is 6.75. The van der Waals surface area contributed by atoms with Gasteiger partial charge in [0.15, 0.2) is 0 Å². The van der Waals surface area contributed by atoms with Gasteiger partial charge in [0.25, 0.3) is 0 Å². The molecule has 0 radical (unpaired) electrons. The lowest BCUT2D eigenvalue weighted by molar-refractivity contribution is 0.121. The Morgan fingerprint density at radius 2 is 1.65 bits per heavy atom. The number of hydrogen-bond acceptors (Lipinski definition) is 3. The number of hydrogen-bond donors (Lipinski definition) is 0. The summed E-state index contributed by atoms with van der Waals surface area (Å²) in [6.07, 6.45) is 9.68. The van der Waals surface area contributed by atoms with Crippen molar-refractivity contribution in [1.82, 2.24) is 9.29 Å². The fourth-order valence-corrected chi connectivity index (χ4v) is 6.87. The molecule has 0 N–H and O–H groups in total. The summed E-state index contributed by atoms with van der Waals surface area (Å²) in [4.78, 5) is 4.86. The second-order valence-electron chi connectivity index (χ2n) is 9.11. The third-order valence-corrected chi connectivity index (χ3v) is 8.60. The minimum atomic E-state index is -3.41. The summed E-state index contributed by atoms with van der Waals surface area (Å²) >= 11 is 0. The fourth-order valence-electron chi connectivity index (χ4n) is 5.28. The minimum absolute atomic E-state index is 0.416. The lowest BCUT2D eigenvalue weighted by atomic mass is 9.73. The first-order chi connectivity index (χ1) is 15.0. The normalized spacial score (nSPS) is 24.6. The average molecular weight is 433 g/mol. The Bertz CT molecular complexity index is 1200. The van der Waals surface area contributed by atoms with Crippen molar-refractivity contribution in [2.75, 3.05) is 13.1 Å². The van der Waals surface area contributed by atoms with Crippen molar-refractivity contribution in [2.24, 2.45) is 17.8 Å². The van der Waals surface area contributed by atoms with E-state index in [2.05, 4.69) is 35.3 Å². The van der Waals surface area contributed by atoms with Crippen molar-refractivity contribution >= 4 is 27.0 Å². The quantitative estimate of drug-likeness (QED) is 0.563. The van der Waals surface area contributed by atoms with Crippen LogP contribution >= 0.6 is 0 Å². The minimum Gasteiger partial charge on any atom is -0.256 e. The van der Waals surface area contributed by atoms with Crippen LogP contribution < -0.4 is 0 Å². The summed E-state index contributed by atoms with van der Waals surface area (Å²) in [7, 11) is -3.41. The maximum atomic E-state index is 13.2. The Labute approximate surface area is 184 Å². The zero-order chi connectivity index (χ0) is 21.4. The predicted molar refractivity (Wildman–Crippen MR) is 125 cm³/mol. The van der Waals surface area contributed by atoms with Crippen molar-refractivity contribution < 1.29 is 8.42 Å². The monoisotopic (exact) mass is 432 g/mol. The molecule has 1 aliphatic carbocycles. The van der Waals surface area contributed by atoms with Gasteiger partial charge in [-0.3, -0.25) is 4.98 Å². The number of aromatic nitrogens is 1. The molecule has 1 aliphatic heterocycles. The SMILES string of the molecule is Cc1ccc(S(=O)(=O)N2CC3CC(C=Cc4ccnc5ccccc45)CC(C3)C2)cc1. The summed E-state index contributed by atoms with van der Waals surface area (Å²) in [5.41, 5.74) is 3.29. The molecule has 2 aromatic carbocycles. The fraction of sp³-hybridized carbons (Fsp3) is 0.346. The van der Waals surface area contributed by atoms with Crippen LogP contribution in [0.2, 0.25) is 0 Å². The molecule has 1 saturated carbocycles. The van der Waals surface area contributed by atoms with Crippen LogP contribution in [0.25, 0.3) is 17.0 Å². The number of para-hydroxylation sites is 1. The van der Waals surface area contributed by atoms with Crippen molar-refractivity contribution in [1.29, 1.82) is 0 Å². The Kier molecular flexibility index (Phi) is 5.40. The van der Waals surface area contributed by atoms with Crippen LogP contribution in [-0.4, -0.2) is 30.8 Å². The molecule has 2 atom stereocenters. The largest absolute Gasteiger partial charge is 0.256 e. The van der Waals surface area contributed by atoms with Crippen molar-refractivity contribution in [2.45, 2.75) is 31.1 Å². The first-order valence-electron chi connectivity index (χ1n) is 11.1. The van der Waals surface area contributed by atoms with Gasteiger partial charge < -0.3 is 0 Å². The Morgan fingerprint density at radius 1 is 0.935 bits per heavy atom. The van der Waals surface area contributed by atoms with Crippen molar-refractivity contribution in [3.8, 4) is 0 Å². The summed E-state index contributed by atoms with van der Waals surface area (Å²) in [6, 6.07) is 17.5. The van der Waals surface area contributed by atoms with E-state index in [1.54, 1.807) is 16.4 Å². The molecule has 160 valence electrons. The topological polar surface area (TPSA) is 50.3 Å². The molecule has 1 aromatic heterocycles. The smallest absolute Gasteiger partial charge is 0.243 e. The van der Waals surface area contributed by atoms with E-state index in [1.807, 2.05) is 37.4 Å². The van der Waals surface area contributed by atoms with Gasteiger partial charge in [0, 0.05) is 24.7 Å². The van der Waals surface area contributed by atoms with E-state index in [4.69, 9.17) is 0 Å². The average Bonchev–Trinajstić information content (AvgIpc) is 2.77. The summed E-state index contributed by atoms with van der Waals surface area (Å²) in [6.45, 7) is 3.24. The predicted octanol–water partition coefficient (Wildman–Crippen LogP) is 5.29. The van der Waals surface area contributed by atoms with Crippen molar-refractivity contribution in [3.63, 3.8) is 0 Å². The molecule has 4 nitrogen and oxygen atoms in total. The zero-order valence-corrected chi connectivity index (χ0v) is 18.6. The Balaban J connectivity index is 1.30. The lowest BCUT2D eigenvalue weighted by Crippen LogP contribution is -2.47. The highest BCUT2D eigenvalue weighted by Crippen LogP contribution is 2.40. The van der Waals surface area contributed by atoms with Crippen LogP contribution in [0.1, 0.15) is 30.4 Å². The maximum Gasteiger partial charge on any atom is 0.243 e. The zero-order valence-electron chi connectivity index (χ0n) is 17.8. The highest BCUT2D eigenvalue weighted by atomic mass is 32.2. The van der Waals surface area contributed by atoms with E-state index in [1.165, 1.54) is 10.9 Å². The van der Waals surface area contributed by atoms with E-state index in [-0.39, 0.29) is 0 Å².